The predicted octanol–water partition coefficient (Wildman–Crippen LogP) is 3.28. The number of hydrogen-bond donors (Lipinski definition) is 2. The Hall–Kier alpha value is -2.16. The summed E-state index contributed by atoms with van der Waals surface area (Å²) in [6.07, 6.45) is -0.798. The van der Waals surface area contributed by atoms with E-state index in [1.165, 1.54) is 18.2 Å². The molecular weight excluding hydrogens is 438 g/mol. The van der Waals surface area contributed by atoms with Crippen LogP contribution in [0.3, 0.4) is 0 Å². The molecule has 0 saturated carbocycles. The molecule has 0 spiro atoms. The van der Waals surface area contributed by atoms with Crippen LogP contribution in [0.4, 0.5) is 4.39 Å². The number of hydrazine groups is 1. The van der Waals surface area contributed by atoms with Gasteiger partial charge in [0.25, 0.3) is 11.8 Å². The van der Waals surface area contributed by atoms with Crippen molar-refractivity contribution in [3.8, 4) is 5.75 Å². The number of carbonyl (C=O) groups excluding carboxylic acids is 2. The number of benzene rings is 2. The fourth-order valence-corrected chi connectivity index (χ4v) is 2.78. The van der Waals surface area contributed by atoms with E-state index in [1.807, 2.05) is 48.6 Å². The molecule has 7 heteroatoms. The van der Waals surface area contributed by atoms with Gasteiger partial charge >= 0.3 is 0 Å². The molecule has 0 aromatic heterocycles. The second-order valence-electron chi connectivity index (χ2n) is 5.53. The quantitative estimate of drug-likeness (QED) is 0.549. The van der Waals surface area contributed by atoms with Gasteiger partial charge in [0.15, 0.2) is 6.10 Å². The first-order chi connectivity index (χ1) is 11.8. The Morgan fingerprint density at radius 3 is 2.56 bits per heavy atom. The van der Waals surface area contributed by atoms with Gasteiger partial charge < -0.3 is 4.74 Å². The summed E-state index contributed by atoms with van der Waals surface area (Å²) in [7, 11) is 0. The van der Waals surface area contributed by atoms with Crippen LogP contribution in [0.2, 0.25) is 0 Å². The first kappa shape index (κ1) is 19.2. The Morgan fingerprint density at radius 2 is 1.88 bits per heavy atom. The Kier molecular flexibility index (Phi) is 6.35. The molecule has 1 atom stereocenters. The lowest BCUT2D eigenvalue weighted by atomic mass is 10.1. The number of amides is 2. The molecule has 0 aliphatic heterocycles. The lowest BCUT2D eigenvalue weighted by molar-refractivity contribution is -0.128. The van der Waals surface area contributed by atoms with Gasteiger partial charge in [0.05, 0.1) is 5.56 Å². The maximum absolute atomic E-state index is 13.1. The summed E-state index contributed by atoms with van der Waals surface area (Å²) < 4.78 is 19.2. The van der Waals surface area contributed by atoms with Crippen molar-refractivity contribution in [3.05, 3.63) is 62.5 Å². The molecule has 2 N–H and O–H groups in total. The molecule has 0 saturated heterocycles. The molecule has 132 valence electrons. The number of halogens is 2. The second-order valence-corrected chi connectivity index (χ2v) is 6.69. The van der Waals surface area contributed by atoms with E-state index >= 15 is 0 Å². The van der Waals surface area contributed by atoms with Crippen molar-refractivity contribution in [1.82, 2.24) is 10.9 Å². The van der Waals surface area contributed by atoms with E-state index in [9.17, 15) is 14.0 Å². The van der Waals surface area contributed by atoms with E-state index in [4.69, 9.17) is 4.74 Å². The summed E-state index contributed by atoms with van der Waals surface area (Å²) in [4.78, 5) is 24.2. The number of nitrogens with one attached hydrogen (secondary N) is 2. The van der Waals surface area contributed by atoms with Crippen molar-refractivity contribution in [2.24, 2.45) is 0 Å². The smallest absolute Gasteiger partial charge is 0.279 e. The lowest BCUT2D eigenvalue weighted by Crippen LogP contribution is -2.47. The number of carbonyl (C=O) groups is 2. The molecule has 2 amide bonds. The van der Waals surface area contributed by atoms with Crippen LogP contribution in [0.1, 0.15) is 28.4 Å². The van der Waals surface area contributed by atoms with E-state index in [-0.39, 0.29) is 5.56 Å². The SMILES string of the molecule is Cc1cccc(OC(C)C(=O)NNC(=O)c2ccc(F)cc2I)c1C. The Morgan fingerprint density at radius 1 is 1.16 bits per heavy atom. The van der Waals surface area contributed by atoms with Gasteiger partial charge in [-0.2, -0.15) is 0 Å². The van der Waals surface area contributed by atoms with E-state index in [0.29, 0.717) is 9.32 Å². The van der Waals surface area contributed by atoms with Crippen molar-refractivity contribution in [1.29, 1.82) is 0 Å². The molecule has 25 heavy (non-hydrogen) atoms. The summed E-state index contributed by atoms with van der Waals surface area (Å²) in [5.41, 5.74) is 6.90. The van der Waals surface area contributed by atoms with Gasteiger partial charge in [0.2, 0.25) is 0 Å². The van der Waals surface area contributed by atoms with Crippen LogP contribution >= 0.6 is 22.6 Å². The van der Waals surface area contributed by atoms with Crippen molar-refractivity contribution < 1.29 is 18.7 Å². The maximum atomic E-state index is 13.1. The summed E-state index contributed by atoms with van der Waals surface area (Å²) in [6.45, 7) is 5.45. The molecule has 2 aromatic carbocycles. The van der Waals surface area contributed by atoms with E-state index in [1.54, 1.807) is 13.0 Å². The Bertz CT molecular complexity index is 811. The fraction of sp³-hybridized carbons (Fsp3) is 0.222. The van der Waals surface area contributed by atoms with Crippen molar-refractivity contribution >= 4 is 34.4 Å². The standard InChI is InChI=1S/C18H18FIN2O3/c1-10-5-4-6-16(11(10)2)25-12(3)17(23)21-22-18(24)14-8-7-13(19)9-15(14)20/h4-9,12H,1-3H3,(H,21,23)(H,22,24). The highest BCUT2D eigenvalue weighted by Crippen LogP contribution is 2.21. The Labute approximate surface area is 159 Å². The van der Waals surface area contributed by atoms with Crippen molar-refractivity contribution in [2.75, 3.05) is 0 Å². The summed E-state index contributed by atoms with van der Waals surface area (Å²) >= 11 is 1.86. The first-order valence-corrected chi connectivity index (χ1v) is 8.65. The zero-order valence-corrected chi connectivity index (χ0v) is 16.2. The third-order valence-electron chi connectivity index (χ3n) is 3.70. The molecule has 2 aromatic rings. The van der Waals surface area contributed by atoms with Gasteiger partial charge in [0.1, 0.15) is 11.6 Å². The monoisotopic (exact) mass is 456 g/mol. The number of aryl methyl sites for hydroxylation is 1. The first-order valence-electron chi connectivity index (χ1n) is 7.57. The minimum Gasteiger partial charge on any atom is -0.481 e. The zero-order chi connectivity index (χ0) is 18.6. The predicted molar refractivity (Wildman–Crippen MR) is 101 cm³/mol. The second kappa shape index (κ2) is 8.28. The summed E-state index contributed by atoms with van der Waals surface area (Å²) in [6, 6.07) is 9.37. The van der Waals surface area contributed by atoms with Crippen LogP contribution in [0.15, 0.2) is 36.4 Å². The highest BCUT2D eigenvalue weighted by atomic mass is 127. The molecule has 0 fully saturated rings. The molecular formula is C18H18FIN2O3. The third-order valence-corrected chi connectivity index (χ3v) is 4.60. The van der Waals surface area contributed by atoms with Crippen LogP contribution in [0.25, 0.3) is 0 Å². The van der Waals surface area contributed by atoms with E-state index in [2.05, 4.69) is 10.9 Å². The highest BCUT2D eigenvalue weighted by Gasteiger charge is 2.18. The molecule has 0 aliphatic rings. The minimum absolute atomic E-state index is 0.269. The van der Waals surface area contributed by atoms with Crippen molar-refractivity contribution in [2.45, 2.75) is 26.9 Å². The number of rotatable bonds is 4. The summed E-state index contributed by atoms with van der Waals surface area (Å²) in [5.74, 6) is -0.842. The largest absolute Gasteiger partial charge is 0.481 e. The van der Waals surface area contributed by atoms with Crippen LogP contribution in [0.5, 0.6) is 5.75 Å². The molecule has 1 unspecified atom stereocenters. The van der Waals surface area contributed by atoms with Gasteiger partial charge in [-0.05, 0) is 78.8 Å². The Balaban J connectivity index is 1.95. The molecule has 0 aliphatic carbocycles. The van der Waals surface area contributed by atoms with E-state index < -0.39 is 23.7 Å². The average Bonchev–Trinajstić information content (AvgIpc) is 2.56. The molecule has 0 bridgehead atoms. The van der Waals surface area contributed by atoms with Crippen LogP contribution < -0.4 is 15.6 Å². The molecule has 0 heterocycles. The molecule has 5 nitrogen and oxygen atoms in total. The van der Waals surface area contributed by atoms with E-state index in [0.717, 1.165) is 11.1 Å². The third kappa shape index (κ3) is 4.91. The number of hydrogen-bond acceptors (Lipinski definition) is 3. The fourth-order valence-electron chi connectivity index (χ4n) is 2.06. The normalized spacial score (nSPS) is 11.6. The highest BCUT2D eigenvalue weighted by molar-refractivity contribution is 14.1. The minimum atomic E-state index is -0.798. The van der Waals surface area contributed by atoms with Gasteiger partial charge in [-0.1, -0.05) is 12.1 Å². The van der Waals surface area contributed by atoms with Gasteiger partial charge in [0, 0.05) is 3.57 Å². The van der Waals surface area contributed by atoms with Crippen molar-refractivity contribution in [3.63, 3.8) is 0 Å². The zero-order valence-electron chi connectivity index (χ0n) is 14.0. The van der Waals surface area contributed by atoms with Gasteiger partial charge in [-0.3, -0.25) is 20.4 Å². The topological polar surface area (TPSA) is 67.4 Å². The number of ether oxygens (including phenoxy) is 1. The molecule has 2 rings (SSSR count). The molecule has 0 radical (unpaired) electrons. The summed E-state index contributed by atoms with van der Waals surface area (Å²) in [5, 5.41) is 0. The average molecular weight is 456 g/mol. The van der Waals surface area contributed by atoms with Gasteiger partial charge in [-0.15, -0.1) is 0 Å². The van der Waals surface area contributed by atoms with Crippen LogP contribution in [-0.4, -0.2) is 17.9 Å². The van der Waals surface area contributed by atoms with Crippen LogP contribution in [-0.2, 0) is 4.79 Å². The van der Waals surface area contributed by atoms with Gasteiger partial charge in [-0.25, -0.2) is 4.39 Å². The van der Waals surface area contributed by atoms with Crippen LogP contribution in [0, 0.1) is 23.2 Å². The lowest BCUT2D eigenvalue weighted by Gasteiger charge is -2.17. The maximum Gasteiger partial charge on any atom is 0.279 e.